The highest BCUT2D eigenvalue weighted by atomic mass is 35.5. The maximum Gasteiger partial charge on any atom is 0.326 e. The Morgan fingerprint density at radius 3 is 2.50 bits per heavy atom. The molecule has 1 N–H and O–H groups in total. The van der Waals surface area contributed by atoms with Gasteiger partial charge < -0.3 is 14.8 Å². The van der Waals surface area contributed by atoms with Crippen molar-refractivity contribution in [1.29, 1.82) is 0 Å². The number of benzene rings is 2. The molecule has 0 saturated carbocycles. The van der Waals surface area contributed by atoms with E-state index in [0.29, 0.717) is 16.3 Å². The van der Waals surface area contributed by atoms with E-state index in [1.165, 1.54) is 12.0 Å². The summed E-state index contributed by atoms with van der Waals surface area (Å²) < 4.78 is 0. The summed E-state index contributed by atoms with van der Waals surface area (Å²) >= 11 is 6.20. The van der Waals surface area contributed by atoms with Crippen LogP contribution >= 0.6 is 11.6 Å². The fourth-order valence-corrected chi connectivity index (χ4v) is 3.23. The van der Waals surface area contributed by atoms with Gasteiger partial charge in [0.1, 0.15) is 13.2 Å². The van der Waals surface area contributed by atoms with Crippen molar-refractivity contribution in [3.05, 3.63) is 59.1 Å². The molecule has 0 spiro atoms. The predicted octanol–water partition coefficient (Wildman–Crippen LogP) is 3.31. The minimum atomic E-state index is -1.06. The SMILES string of the molecule is CON=C1C[C@@H](C(=O)O)N(C(=O)c2ccc(-c3ccccc3Cl)cc2)C1. The standard InChI is InChI=1S/C19H17ClN2O4/c1-26-21-14-10-17(19(24)25)22(11-14)18(23)13-8-6-12(7-9-13)15-4-2-3-5-16(15)20/h2-9,17H,10-11H2,1H3,(H,24,25)/t17-/m0/s1. The Balaban J connectivity index is 1.85. The van der Waals surface area contributed by atoms with E-state index >= 15 is 0 Å². The molecule has 26 heavy (non-hydrogen) atoms. The van der Waals surface area contributed by atoms with Crippen LogP contribution in [0.3, 0.4) is 0 Å². The van der Waals surface area contributed by atoms with Crippen molar-refractivity contribution in [2.24, 2.45) is 5.16 Å². The number of carbonyl (C=O) groups is 2. The number of hydrogen-bond acceptors (Lipinski definition) is 4. The summed E-state index contributed by atoms with van der Waals surface area (Å²) in [6.07, 6.45) is 0.159. The van der Waals surface area contributed by atoms with E-state index in [0.717, 1.165) is 11.1 Å². The molecule has 1 heterocycles. The molecule has 0 aliphatic carbocycles. The quantitative estimate of drug-likeness (QED) is 0.835. The van der Waals surface area contributed by atoms with Crippen LogP contribution in [0.4, 0.5) is 0 Å². The number of hydrogen-bond donors (Lipinski definition) is 1. The van der Waals surface area contributed by atoms with Crippen LogP contribution in [0, 0.1) is 0 Å². The molecule has 1 fully saturated rings. The predicted molar refractivity (Wildman–Crippen MR) is 98.4 cm³/mol. The van der Waals surface area contributed by atoms with Gasteiger partial charge in [0, 0.05) is 22.6 Å². The Hall–Kier alpha value is -2.86. The second-order valence-corrected chi connectivity index (χ2v) is 6.30. The van der Waals surface area contributed by atoms with Crippen molar-refractivity contribution in [2.75, 3.05) is 13.7 Å². The molecule has 7 heteroatoms. The van der Waals surface area contributed by atoms with E-state index in [-0.39, 0.29) is 18.9 Å². The molecule has 2 aromatic rings. The van der Waals surface area contributed by atoms with Crippen LogP contribution in [0.1, 0.15) is 16.8 Å². The summed E-state index contributed by atoms with van der Waals surface area (Å²) in [6.45, 7) is 0.135. The summed E-state index contributed by atoms with van der Waals surface area (Å²) in [5, 5.41) is 13.8. The van der Waals surface area contributed by atoms with Gasteiger partial charge in [0.25, 0.3) is 5.91 Å². The highest BCUT2D eigenvalue weighted by Gasteiger charge is 2.38. The van der Waals surface area contributed by atoms with Crippen molar-refractivity contribution in [1.82, 2.24) is 4.90 Å². The van der Waals surface area contributed by atoms with Gasteiger partial charge in [0.2, 0.25) is 0 Å². The minimum Gasteiger partial charge on any atom is -0.480 e. The van der Waals surface area contributed by atoms with Crippen LogP contribution in [0.25, 0.3) is 11.1 Å². The molecule has 1 saturated heterocycles. The molecule has 6 nitrogen and oxygen atoms in total. The lowest BCUT2D eigenvalue weighted by molar-refractivity contribution is -0.141. The largest absolute Gasteiger partial charge is 0.480 e. The summed E-state index contributed by atoms with van der Waals surface area (Å²) in [7, 11) is 1.39. The summed E-state index contributed by atoms with van der Waals surface area (Å²) in [5.74, 6) is -1.42. The van der Waals surface area contributed by atoms with Gasteiger partial charge in [0.15, 0.2) is 0 Å². The average Bonchev–Trinajstić information content (AvgIpc) is 3.06. The molecule has 1 atom stereocenters. The van der Waals surface area contributed by atoms with Crippen molar-refractivity contribution >= 4 is 29.2 Å². The Morgan fingerprint density at radius 2 is 1.88 bits per heavy atom. The van der Waals surface area contributed by atoms with E-state index < -0.39 is 12.0 Å². The summed E-state index contributed by atoms with van der Waals surface area (Å²) in [4.78, 5) is 30.2. The second-order valence-electron chi connectivity index (χ2n) is 5.89. The molecule has 1 aliphatic heterocycles. The molecular weight excluding hydrogens is 356 g/mol. The third-order valence-electron chi connectivity index (χ3n) is 4.24. The van der Waals surface area contributed by atoms with E-state index in [9.17, 15) is 14.7 Å². The normalized spacial score (nSPS) is 18.2. The topological polar surface area (TPSA) is 79.2 Å². The van der Waals surface area contributed by atoms with E-state index in [4.69, 9.17) is 16.4 Å². The van der Waals surface area contributed by atoms with Gasteiger partial charge in [-0.05, 0) is 23.8 Å². The van der Waals surface area contributed by atoms with Gasteiger partial charge >= 0.3 is 5.97 Å². The van der Waals surface area contributed by atoms with E-state index in [1.54, 1.807) is 30.3 Å². The maximum atomic E-state index is 12.8. The smallest absolute Gasteiger partial charge is 0.326 e. The van der Waals surface area contributed by atoms with E-state index in [1.807, 2.05) is 18.2 Å². The molecule has 0 radical (unpaired) electrons. The van der Waals surface area contributed by atoms with Gasteiger partial charge in [-0.2, -0.15) is 0 Å². The number of likely N-dealkylation sites (tertiary alicyclic amines) is 1. The van der Waals surface area contributed by atoms with E-state index in [2.05, 4.69) is 5.16 Å². The monoisotopic (exact) mass is 372 g/mol. The van der Waals surface area contributed by atoms with Crippen LogP contribution in [-0.4, -0.2) is 47.3 Å². The Morgan fingerprint density at radius 1 is 1.19 bits per heavy atom. The summed E-state index contributed by atoms with van der Waals surface area (Å²) in [6, 6.07) is 13.4. The zero-order valence-electron chi connectivity index (χ0n) is 14.1. The van der Waals surface area contributed by atoms with Crippen LogP contribution < -0.4 is 0 Å². The molecule has 1 aliphatic rings. The Bertz CT molecular complexity index is 864. The number of nitrogens with zero attached hydrogens (tertiary/aromatic N) is 2. The molecule has 3 rings (SSSR count). The number of carbonyl (C=O) groups excluding carboxylic acids is 1. The zero-order chi connectivity index (χ0) is 18.7. The fourth-order valence-electron chi connectivity index (χ4n) is 2.99. The van der Waals surface area contributed by atoms with Gasteiger partial charge in [-0.15, -0.1) is 0 Å². The van der Waals surface area contributed by atoms with Crippen LogP contribution in [0.5, 0.6) is 0 Å². The number of carboxylic acids is 1. The zero-order valence-corrected chi connectivity index (χ0v) is 14.8. The molecule has 2 aromatic carbocycles. The first-order chi connectivity index (χ1) is 12.5. The van der Waals surface area contributed by atoms with Crippen LogP contribution in [-0.2, 0) is 9.63 Å². The number of aliphatic carboxylic acids is 1. The molecule has 0 unspecified atom stereocenters. The number of amides is 1. The molecule has 0 aromatic heterocycles. The highest BCUT2D eigenvalue weighted by Crippen LogP contribution is 2.28. The first-order valence-corrected chi connectivity index (χ1v) is 8.36. The van der Waals surface area contributed by atoms with Crippen molar-refractivity contribution in [3.63, 3.8) is 0 Å². The van der Waals surface area contributed by atoms with Crippen molar-refractivity contribution in [2.45, 2.75) is 12.5 Å². The molecule has 134 valence electrons. The summed E-state index contributed by atoms with van der Waals surface area (Å²) in [5.41, 5.74) is 2.68. The minimum absolute atomic E-state index is 0.135. The van der Waals surface area contributed by atoms with Crippen LogP contribution in [0.2, 0.25) is 5.02 Å². The van der Waals surface area contributed by atoms with Gasteiger partial charge in [-0.25, -0.2) is 4.79 Å². The van der Waals surface area contributed by atoms with Crippen molar-refractivity contribution < 1.29 is 19.5 Å². The lowest BCUT2D eigenvalue weighted by Gasteiger charge is -2.20. The molecule has 0 bridgehead atoms. The molecular formula is C19H17ClN2O4. The lowest BCUT2D eigenvalue weighted by atomic mass is 10.0. The Kier molecular flexibility index (Phi) is 5.23. The van der Waals surface area contributed by atoms with Gasteiger partial charge in [-0.3, -0.25) is 4.79 Å². The lowest BCUT2D eigenvalue weighted by Crippen LogP contribution is -2.40. The number of carboxylic acid groups (broad SMARTS) is 1. The number of oxime groups is 1. The van der Waals surface area contributed by atoms with Crippen LogP contribution in [0.15, 0.2) is 53.7 Å². The van der Waals surface area contributed by atoms with Gasteiger partial charge in [-0.1, -0.05) is 47.1 Å². The number of halogens is 1. The Labute approximate surface area is 155 Å². The first kappa shape index (κ1) is 17.9. The van der Waals surface area contributed by atoms with Gasteiger partial charge in [0.05, 0.1) is 12.3 Å². The third kappa shape index (κ3) is 3.55. The highest BCUT2D eigenvalue weighted by molar-refractivity contribution is 6.33. The molecule has 1 amide bonds. The fraction of sp³-hybridized carbons (Fsp3) is 0.211. The third-order valence-corrected chi connectivity index (χ3v) is 4.57. The number of rotatable bonds is 4. The average molecular weight is 373 g/mol. The van der Waals surface area contributed by atoms with Crippen molar-refractivity contribution in [3.8, 4) is 11.1 Å². The second kappa shape index (κ2) is 7.58. The first-order valence-electron chi connectivity index (χ1n) is 7.99. The maximum absolute atomic E-state index is 12.8.